The molecule has 1 aliphatic carbocycles. The molecule has 2 rings (SSSR count). The van der Waals surface area contributed by atoms with E-state index in [4.69, 9.17) is 0 Å². The van der Waals surface area contributed by atoms with Crippen LogP contribution >= 0.6 is 0 Å². The fourth-order valence-electron chi connectivity index (χ4n) is 1.64. The Kier molecular flexibility index (Phi) is 2.76. The molecule has 0 aliphatic heterocycles. The van der Waals surface area contributed by atoms with E-state index in [0.717, 1.165) is 6.07 Å². The fourth-order valence-corrected chi connectivity index (χ4v) is 1.64. The summed E-state index contributed by atoms with van der Waals surface area (Å²) in [7, 11) is 0. The maximum atomic E-state index is 12.7. The van der Waals surface area contributed by atoms with Gasteiger partial charge in [0.05, 0.1) is 0 Å². The zero-order chi connectivity index (χ0) is 13.6. The van der Waals surface area contributed by atoms with Gasteiger partial charge in [-0.05, 0) is 37.5 Å². The highest BCUT2D eigenvalue weighted by Gasteiger charge is 2.64. The third kappa shape index (κ3) is 2.14. The first-order valence-electron chi connectivity index (χ1n) is 5.44. The third-order valence-electron chi connectivity index (χ3n) is 3.12. The molecule has 0 spiro atoms. The van der Waals surface area contributed by atoms with Crippen LogP contribution in [0.5, 0.6) is 5.75 Å². The molecule has 0 atom stereocenters. The van der Waals surface area contributed by atoms with E-state index in [1.165, 1.54) is 12.1 Å². The number of rotatable bonds is 2. The molecule has 1 saturated carbocycles. The van der Waals surface area contributed by atoms with Gasteiger partial charge in [0.15, 0.2) is 0 Å². The maximum absolute atomic E-state index is 12.7. The van der Waals surface area contributed by atoms with E-state index in [0.29, 0.717) is 5.56 Å². The Morgan fingerprint density at radius 2 is 2.00 bits per heavy atom. The van der Waals surface area contributed by atoms with Crippen LogP contribution in [-0.2, 0) is 0 Å². The largest absolute Gasteiger partial charge is 0.508 e. The van der Waals surface area contributed by atoms with Crippen LogP contribution in [0.1, 0.15) is 28.8 Å². The molecule has 1 aromatic rings. The van der Waals surface area contributed by atoms with Crippen LogP contribution in [0.4, 0.5) is 13.2 Å². The van der Waals surface area contributed by atoms with E-state index in [9.17, 15) is 23.1 Å². The van der Waals surface area contributed by atoms with Gasteiger partial charge in [-0.3, -0.25) is 4.79 Å². The molecule has 0 aromatic heterocycles. The van der Waals surface area contributed by atoms with Crippen LogP contribution in [0.3, 0.4) is 0 Å². The number of phenols is 1. The summed E-state index contributed by atoms with van der Waals surface area (Å²) in [6.45, 7) is 1.63. The minimum Gasteiger partial charge on any atom is -0.508 e. The van der Waals surface area contributed by atoms with Crippen molar-refractivity contribution in [3.63, 3.8) is 0 Å². The molecule has 0 radical (unpaired) electrons. The average molecular weight is 259 g/mol. The smallest absolute Gasteiger partial charge is 0.411 e. The summed E-state index contributed by atoms with van der Waals surface area (Å²) in [5, 5.41) is 11.4. The lowest BCUT2D eigenvalue weighted by atomic mass is 10.1. The molecule has 6 heteroatoms. The van der Waals surface area contributed by atoms with Gasteiger partial charge in [-0.25, -0.2) is 0 Å². The number of nitrogens with one attached hydrogen (secondary N) is 1. The third-order valence-corrected chi connectivity index (χ3v) is 3.12. The predicted molar refractivity (Wildman–Crippen MR) is 58.3 cm³/mol. The summed E-state index contributed by atoms with van der Waals surface area (Å²) in [5.74, 6) is -0.931. The average Bonchev–Trinajstić information content (AvgIpc) is 3.02. The highest BCUT2D eigenvalue weighted by atomic mass is 19.4. The lowest BCUT2D eigenvalue weighted by molar-refractivity contribution is -0.163. The van der Waals surface area contributed by atoms with Crippen molar-refractivity contribution in [2.45, 2.75) is 31.5 Å². The zero-order valence-corrected chi connectivity index (χ0v) is 9.64. The van der Waals surface area contributed by atoms with Gasteiger partial charge in [-0.15, -0.1) is 0 Å². The molecule has 1 amide bonds. The highest BCUT2D eigenvalue weighted by molar-refractivity contribution is 5.95. The van der Waals surface area contributed by atoms with E-state index in [2.05, 4.69) is 0 Å². The van der Waals surface area contributed by atoms with Crippen LogP contribution in [-0.4, -0.2) is 22.7 Å². The van der Waals surface area contributed by atoms with Crippen molar-refractivity contribution in [2.24, 2.45) is 0 Å². The number of halogens is 3. The number of hydrogen-bond acceptors (Lipinski definition) is 2. The Balaban J connectivity index is 2.16. The van der Waals surface area contributed by atoms with Gasteiger partial charge < -0.3 is 10.4 Å². The number of carbonyl (C=O) groups is 1. The Labute approximate surface area is 102 Å². The number of benzene rings is 1. The lowest BCUT2D eigenvalue weighted by Gasteiger charge is -2.20. The van der Waals surface area contributed by atoms with E-state index in [1.807, 2.05) is 5.32 Å². The SMILES string of the molecule is Cc1ccc(C(=O)NC2(C(F)(F)F)CC2)cc1O. The van der Waals surface area contributed by atoms with Crippen LogP contribution in [0.2, 0.25) is 0 Å². The predicted octanol–water partition coefficient (Wildman–Crippen LogP) is 2.53. The van der Waals surface area contributed by atoms with Crippen LogP contribution in [0.25, 0.3) is 0 Å². The van der Waals surface area contributed by atoms with Crippen molar-refractivity contribution in [1.82, 2.24) is 5.32 Å². The van der Waals surface area contributed by atoms with Crippen molar-refractivity contribution < 1.29 is 23.1 Å². The first kappa shape index (κ1) is 12.7. The monoisotopic (exact) mass is 259 g/mol. The molecule has 1 aromatic carbocycles. The van der Waals surface area contributed by atoms with Crippen LogP contribution < -0.4 is 5.32 Å². The Morgan fingerprint density at radius 3 is 2.44 bits per heavy atom. The summed E-state index contributed by atoms with van der Waals surface area (Å²) >= 11 is 0. The molecule has 2 N–H and O–H groups in total. The molecule has 0 bridgehead atoms. The van der Waals surface area contributed by atoms with Crippen molar-refractivity contribution in [2.75, 3.05) is 0 Å². The van der Waals surface area contributed by atoms with Gasteiger partial charge in [-0.2, -0.15) is 13.2 Å². The van der Waals surface area contributed by atoms with Crippen LogP contribution in [0, 0.1) is 6.92 Å². The molecule has 98 valence electrons. The molecule has 1 fully saturated rings. The van der Waals surface area contributed by atoms with Gasteiger partial charge in [0.25, 0.3) is 5.91 Å². The summed E-state index contributed by atoms with van der Waals surface area (Å²) < 4.78 is 38.0. The lowest BCUT2D eigenvalue weighted by Crippen LogP contribution is -2.47. The van der Waals surface area contributed by atoms with Gasteiger partial charge >= 0.3 is 6.18 Å². The first-order valence-corrected chi connectivity index (χ1v) is 5.44. The van der Waals surface area contributed by atoms with Crippen molar-refractivity contribution in [1.29, 1.82) is 0 Å². The van der Waals surface area contributed by atoms with Gasteiger partial charge in [0, 0.05) is 5.56 Å². The molecule has 0 unspecified atom stereocenters. The maximum Gasteiger partial charge on any atom is 0.411 e. The number of alkyl halides is 3. The molecule has 0 saturated heterocycles. The minimum atomic E-state index is -4.44. The van der Waals surface area contributed by atoms with E-state index < -0.39 is 17.6 Å². The highest BCUT2D eigenvalue weighted by Crippen LogP contribution is 2.49. The molecule has 0 heterocycles. The second-order valence-corrected chi connectivity index (χ2v) is 4.54. The topological polar surface area (TPSA) is 49.3 Å². The number of phenolic OH excluding ortho intramolecular Hbond substituents is 1. The zero-order valence-electron chi connectivity index (χ0n) is 9.64. The van der Waals surface area contributed by atoms with Gasteiger partial charge in [0.2, 0.25) is 0 Å². The summed E-state index contributed by atoms with van der Waals surface area (Å²) in [6, 6.07) is 4.03. The van der Waals surface area contributed by atoms with Crippen LogP contribution in [0.15, 0.2) is 18.2 Å². The standard InChI is InChI=1S/C12H12F3NO2/c1-7-2-3-8(6-9(7)17)10(18)16-11(4-5-11)12(13,14)15/h2-3,6,17H,4-5H2,1H3,(H,16,18). The minimum absolute atomic E-state index is 0.0219. The number of aromatic hydroxyl groups is 1. The Morgan fingerprint density at radius 1 is 1.39 bits per heavy atom. The summed E-state index contributed by atoms with van der Waals surface area (Å²) in [5.41, 5.74) is -1.50. The van der Waals surface area contributed by atoms with E-state index in [1.54, 1.807) is 6.92 Å². The van der Waals surface area contributed by atoms with Gasteiger partial charge in [-0.1, -0.05) is 6.07 Å². The van der Waals surface area contributed by atoms with Crippen molar-refractivity contribution >= 4 is 5.91 Å². The Bertz CT molecular complexity index is 493. The molecule has 18 heavy (non-hydrogen) atoms. The molecule has 1 aliphatic rings. The quantitative estimate of drug-likeness (QED) is 0.857. The second-order valence-electron chi connectivity index (χ2n) is 4.54. The molecular formula is C12H12F3NO2. The number of amides is 1. The molecular weight excluding hydrogens is 247 g/mol. The number of hydrogen-bond donors (Lipinski definition) is 2. The Hall–Kier alpha value is -1.72. The molecule has 3 nitrogen and oxygen atoms in total. The van der Waals surface area contributed by atoms with Gasteiger partial charge in [0.1, 0.15) is 11.3 Å². The fraction of sp³-hybridized carbons (Fsp3) is 0.417. The van der Waals surface area contributed by atoms with Crippen molar-refractivity contribution in [3.05, 3.63) is 29.3 Å². The normalized spacial score (nSPS) is 17.3. The summed E-state index contributed by atoms with van der Waals surface area (Å²) in [4.78, 5) is 11.7. The first-order chi connectivity index (χ1) is 8.25. The van der Waals surface area contributed by atoms with E-state index >= 15 is 0 Å². The van der Waals surface area contributed by atoms with Crippen molar-refractivity contribution in [3.8, 4) is 5.75 Å². The number of aryl methyl sites for hydroxylation is 1. The van der Waals surface area contributed by atoms with E-state index in [-0.39, 0.29) is 24.2 Å². The number of carbonyl (C=O) groups excluding carboxylic acids is 1. The second kappa shape index (κ2) is 3.90. The summed E-state index contributed by atoms with van der Waals surface area (Å²) in [6.07, 6.45) is -4.63.